The molecule has 0 saturated carbocycles. The molecular weight excluding hydrogens is 240 g/mol. The summed E-state index contributed by atoms with van der Waals surface area (Å²) in [5.41, 5.74) is 3.29. The molecule has 0 aromatic heterocycles. The molecule has 0 spiro atoms. The molecule has 0 N–H and O–H groups in total. The molecule has 0 radical (unpaired) electrons. The molecule has 0 bridgehead atoms. The van der Waals surface area contributed by atoms with Crippen LogP contribution in [0.5, 0.6) is 0 Å². The number of carbonyl (C=O) groups is 2. The molecule has 0 fully saturated rings. The van der Waals surface area contributed by atoms with Gasteiger partial charge in [0.1, 0.15) is 6.29 Å². The van der Waals surface area contributed by atoms with E-state index in [2.05, 4.69) is 5.92 Å². The minimum Gasteiger partial charge on any atom is -0.444 e. The van der Waals surface area contributed by atoms with Crippen molar-refractivity contribution in [2.24, 2.45) is 0 Å². The summed E-state index contributed by atoms with van der Waals surface area (Å²) in [5, 5.41) is 0. The van der Waals surface area contributed by atoms with E-state index in [9.17, 15) is 9.59 Å². The van der Waals surface area contributed by atoms with Crippen LogP contribution in [0.25, 0.3) is 5.57 Å². The molecule has 0 heterocycles. The maximum Gasteiger partial charge on any atom is 0.304 e. The number of benzene rings is 1. The molecule has 1 aliphatic carbocycles. The first kappa shape index (κ1) is 13.1. The van der Waals surface area contributed by atoms with Gasteiger partial charge in [0, 0.05) is 18.1 Å². The molecule has 1 aromatic carbocycles. The Morgan fingerprint density at radius 2 is 2.16 bits per heavy atom. The van der Waals surface area contributed by atoms with Crippen molar-refractivity contribution >= 4 is 17.8 Å². The van der Waals surface area contributed by atoms with Gasteiger partial charge < -0.3 is 4.74 Å². The number of hydrogen-bond acceptors (Lipinski definition) is 3. The Hall–Kier alpha value is -2.34. The normalized spacial score (nSPS) is 15.2. The molecule has 3 nitrogen and oxygen atoms in total. The summed E-state index contributed by atoms with van der Waals surface area (Å²) in [6.45, 7) is 1.31. The molecule has 1 atom stereocenters. The number of hydrogen-bond donors (Lipinski definition) is 0. The summed E-state index contributed by atoms with van der Waals surface area (Å²) in [6.07, 6.45) is 6.86. The lowest BCUT2D eigenvalue weighted by atomic mass is 9.83. The summed E-state index contributed by atoms with van der Waals surface area (Å²) in [7, 11) is 0. The van der Waals surface area contributed by atoms with E-state index in [1.165, 1.54) is 6.92 Å². The molecule has 0 aliphatic heterocycles. The first-order valence-electron chi connectivity index (χ1n) is 6.07. The molecule has 1 aliphatic rings. The lowest BCUT2D eigenvalue weighted by Crippen LogP contribution is -2.21. The molecule has 1 unspecified atom stereocenters. The Labute approximate surface area is 112 Å². The molecule has 19 heavy (non-hydrogen) atoms. The maximum absolute atomic E-state index is 11.2. The van der Waals surface area contributed by atoms with Gasteiger partial charge in [0.15, 0.2) is 6.10 Å². The number of terminal acetylenes is 1. The fourth-order valence-electron chi connectivity index (χ4n) is 2.35. The zero-order chi connectivity index (χ0) is 13.8. The second kappa shape index (κ2) is 5.53. The van der Waals surface area contributed by atoms with Gasteiger partial charge in [-0.3, -0.25) is 9.59 Å². The van der Waals surface area contributed by atoms with E-state index in [1.807, 2.05) is 24.3 Å². The molecule has 0 saturated heterocycles. The van der Waals surface area contributed by atoms with Crippen molar-refractivity contribution < 1.29 is 14.3 Å². The van der Waals surface area contributed by atoms with Gasteiger partial charge in [0.05, 0.1) is 0 Å². The van der Waals surface area contributed by atoms with E-state index in [0.29, 0.717) is 17.6 Å². The van der Waals surface area contributed by atoms with Crippen molar-refractivity contribution in [1.29, 1.82) is 0 Å². The van der Waals surface area contributed by atoms with E-state index in [4.69, 9.17) is 11.2 Å². The van der Waals surface area contributed by atoms with Crippen LogP contribution in [0.4, 0.5) is 0 Å². The van der Waals surface area contributed by atoms with Crippen LogP contribution in [0, 0.1) is 12.3 Å². The van der Waals surface area contributed by atoms with Gasteiger partial charge >= 0.3 is 5.97 Å². The highest BCUT2D eigenvalue weighted by Gasteiger charge is 2.26. The fourth-order valence-corrected chi connectivity index (χ4v) is 2.35. The first-order chi connectivity index (χ1) is 9.17. The maximum atomic E-state index is 11.2. The van der Waals surface area contributed by atoms with Crippen LogP contribution in [0.1, 0.15) is 24.5 Å². The van der Waals surface area contributed by atoms with Gasteiger partial charge in [-0.25, -0.2) is 0 Å². The topological polar surface area (TPSA) is 43.4 Å². The average molecular weight is 254 g/mol. The zero-order valence-corrected chi connectivity index (χ0v) is 10.7. The summed E-state index contributed by atoms with van der Waals surface area (Å²) in [6, 6.07) is 7.73. The highest BCUT2D eigenvalue weighted by Crippen LogP contribution is 2.33. The Bertz CT molecular complexity index is 590. The van der Waals surface area contributed by atoms with E-state index in [0.717, 1.165) is 23.8 Å². The Morgan fingerprint density at radius 3 is 2.79 bits per heavy atom. The average Bonchev–Trinajstić information content (AvgIpc) is 2.43. The molecule has 1 aromatic rings. The van der Waals surface area contributed by atoms with Crippen LogP contribution >= 0.6 is 0 Å². The van der Waals surface area contributed by atoms with Gasteiger partial charge in [-0.15, -0.1) is 6.42 Å². The molecule has 3 heteroatoms. The van der Waals surface area contributed by atoms with Crippen molar-refractivity contribution in [3.8, 4) is 12.3 Å². The van der Waals surface area contributed by atoms with Crippen molar-refractivity contribution in [3.05, 3.63) is 41.0 Å². The predicted molar refractivity (Wildman–Crippen MR) is 72.1 cm³/mol. The van der Waals surface area contributed by atoms with Crippen molar-refractivity contribution in [2.75, 3.05) is 0 Å². The molecular formula is C16H14O3. The smallest absolute Gasteiger partial charge is 0.304 e. The van der Waals surface area contributed by atoms with Crippen molar-refractivity contribution in [3.63, 3.8) is 0 Å². The van der Waals surface area contributed by atoms with Gasteiger partial charge in [0.2, 0.25) is 0 Å². The number of esters is 1. The SMILES string of the molecule is C#CC(OC(C)=O)C1=C(C=O)CCc2ccccc21. The van der Waals surface area contributed by atoms with Crippen molar-refractivity contribution in [1.82, 2.24) is 0 Å². The Balaban J connectivity index is 2.54. The summed E-state index contributed by atoms with van der Waals surface area (Å²) in [5.74, 6) is 1.99. The molecule has 2 rings (SSSR count). The zero-order valence-electron chi connectivity index (χ0n) is 10.7. The van der Waals surface area contributed by atoms with Gasteiger partial charge in [-0.05, 0) is 24.0 Å². The van der Waals surface area contributed by atoms with Crippen LogP contribution in [0.2, 0.25) is 0 Å². The van der Waals surface area contributed by atoms with Gasteiger partial charge in [-0.2, -0.15) is 0 Å². The van der Waals surface area contributed by atoms with Crippen LogP contribution in [-0.2, 0) is 20.7 Å². The third-order valence-electron chi connectivity index (χ3n) is 3.16. The summed E-state index contributed by atoms with van der Waals surface area (Å²) < 4.78 is 5.14. The summed E-state index contributed by atoms with van der Waals surface area (Å²) >= 11 is 0. The minimum atomic E-state index is -0.806. The number of allylic oxidation sites excluding steroid dienone is 1. The third-order valence-corrected chi connectivity index (χ3v) is 3.16. The number of ether oxygens (including phenoxy) is 1. The first-order valence-corrected chi connectivity index (χ1v) is 6.07. The lowest BCUT2D eigenvalue weighted by molar-refractivity contribution is -0.141. The van der Waals surface area contributed by atoms with Crippen LogP contribution < -0.4 is 0 Å². The highest BCUT2D eigenvalue weighted by atomic mass is 16.5. The van der Waals surface area contributed by atoms with Gasteiger partial charge in [-0.1, -0.05) is 30.2 Å². The number of aldehydes is 1. The van der Waals surface area contributed by atoms with Gasteiger partial charge in [0.25, 0.3) is 0 Å². The number of rotatable bonds is 3. The number of aryl methyl sites for hydroxylation is 1. The highest BCUT2D eigenvalue weighted by molar-refractivity contribution is 5.93. The third kappa shape index (κ3) is 2.58. The van der Waals surface area contributed by atoms with Crippen molar-refractivity contribution in [2.45, 2.75) is 25.9 Å². The summed E-state index contributed by atoms with van der Waals surface area (Å²) in [4.78, 5) is 22.4. The van der Waals surface area contributed by atoms with Crippen LogP contribution in [0.3, 0.4) is 0 Å². The minimum absolute atomic E-state index is 0.455. The number of fused-ring (bicyclic) bond motifs is 1. The van der Waals surface area contributed by atoms with Crippen LogP contribution in [-0.4, -0.2) is 18.4 Å². The fraction of sp³-hybridized carbons (Fsp3) is 0.250. The monoisotopic (exact) mass is 254 g/mol. The van der Waals surface area contributed by atoms with E-state index in [1.54, 1.807) is 0 Å². The van der Waals surface area contributed by atoms with E-state index < -0.39 is 12.1 Å². The standard InChI is InChI=1S/C16H14O3/c1-3-15(19-11(2)18)16-13(10-17)9-8-12-6-4-5-7-14(12)16/h1,4-7,10,15H,8-9H2,2H3. The Morgan fingerprint density at radius 1 is 1.42 bits per heavy atom. The number of carbonyl (C=O) groups excluding carboxylic acids is 2. The molecule has 96 valence electrons. The second-order valence-electron chi connectivity index (χ2n) is 4.37. The quantitative estimate of drug-likeness (QED) is 0.471. The Kier molecular flexibility index (Phi) is 3.82. The largest absolute Gasteiger partial charge is 0.444 e. The van der Waals surface area contributed by atoms with E-state index in [-0.39, 0.29) is 0 Å². The molecule has 0 amide bonds. The predicted octanol–water partition coefficient (Wildman–Crippen LogP) is 2.15. The lowest BCUT2D eigenvalue weighted by Gasteiger charge is -2.24. The van der Waals surface area contributed by atoms with Crippen LogP contribution in [0.15, 0.2) is 29.8 Å². The second-order valence-corrected chi connectivity index (χ2v) is 4.37. The van der Waals surface area contributed by atoms with E-state index >= 15 is 0 Å².